The molecule has 0 atom stereocenters. The summed E-state index contributed by atoms with van der Waals surface area (Å²) in [5.41, 5.74) is 0.901. The van der Waals surface area contributed by atoms with Crippen molar-refractivity contribution in [3.8, 4) is 0 Å². The lowest BCUT2D eigenvalue weighted by molar-refractivity contribution is 0.101. The van der Waals surface area contributed by atoms with E-state index in [1.54, 1.807) is 6.07 Å². The maximum atomic E-state index is 13.7. The minimum atomic E-state index is -3.95. The van der Waals surface area contributed by atoms with Crippen LogP contribution in [0.1, 0.15) is 10.5 Å². The number of nitrogens with zero attached hydrogens (tertiary/aromatic N) is 1. The first-order valence-corrected chi connectivity index (χ1v) is 9.63. The molecule has 0 aliphatic heterocycles. The van der Waals surface area contributed by atoms with Gasteiger partial charge in [0.1, 0.15) is 5.82 Å². The molecule has 1 heterocycles. The summed E-state index contributed by atoms with van der Waals surface area (Å²) < 4.78 is 38.9. The summed E-state index contributed by atoms with van der Waals surface area (Å²) in [5.74, 6) is -1.44. The van der Waals surface area contributed by atoms with Crippen LogP contribution in [-0.2, 0) is 9.84 Å². The molecule has 0 bridgehead atoms. The molecular weight excluding hydrogens is 387 g/mol. The fraction of sp³-hybridized carbons (Fsp3) is 0. The topological polar surface area (TPSA) is 76.1 Å². The third-order valence-corrected chi connectivity index (χ3v) is 6.63. The van der Waals surface area contributed by atoms with Crippen molar-refractivity contribution in [2.75, 3.05) is 5.32 Å². The van der Waals surface area contributed by atoms with E-state index in [0.717, 1.165) is 11.3 Å². The molecule has 25 heavy (non-hydrogen) atoms. The molecule has 2 aromatic carbocycles. The summed E-state index contributed by atoms with van der Waals surface area (Å²) in [4.78, 5) is 16.2. The van der Waals surface area contributed by atoms with Crippen LogP contribution in [0, 0.1) is 5.82 Å². The van der Waals surface area contributed by atoms with Gasteiger partial charge in [-0.3, -0.25) is 4.79 Å². The van der Waals surface area contributed by atoms with Crippen LogP contribution in [0.15, 0.2) is 63.1 Å². The van der Waals surface area contributed by atoms with Gasteiger partial charge >= 0.3 is 0 Å². The highest BCUT2D eigenvalue weighted by atomic mass is 35.5. The van der Waals surface area contributed by atoms with E-state index in [4.69, 9.17) is 11.6 Å². The average Bonchev–Trinajstić information content (AvgIpc) is 3.08. The van der Waals surface area contributed by atoms with Crippen molar-refractivity contribution in [2.24, 2.45) is 0 Å². The van der Waals surface area contributed by atoms with Gasteiger partial charge in [0.2, 0.25) is 9.84 Å². The van der Waals surface area contributed by atoms with Crippen LogP contribution in [0.2, 0.25) is 5.02 Å². The van der Waals surface area contributed by atoms with Crippen LogP contribution >= 0.6 is 22.9 Å². The number of nitrogens with one attached hydrogen (secondary N) is 1. The number of halogens is 2. The minimum Gasteiger partial charge on any atom is -0.318 e. The lowest BCUT2D eigenvalue weighted by Gasteiger charge is -2.07. The lowest BCUT2D eigenvalue weighted by Crippen LogP contribution is -2.16. The van der Waals surface area contributed by atoms with Crippen molar-refractivity contribution in [3.63, 3.8) is 0 Å². The number of hydrogen-bond donors (Lipinski definition) is 1. The number of amides is 1. The van der Waals surface area contributed by atoms with Crippen LogP contribution in [0.25, 0.3) is 0 Å². The van der Waals surface area contributed by atoms with E-state index in [-0.39, 0.29) is 20.5 Å². The summed E-state index contributed by atoms with van der Waals surface area (Å²) in [5, 5.41) is 2.72. The number of rotatable bonds is 4. The summed E-state index contributed by atoms with van der Waals surface area (Å²) >= 11 is 6.58. The maximum Gasteiger partial charge on any atom is 0.276 e. The molecule has 0 unspecified atom stereocenters. The lowest BCUT2D eigenvalue weighted by atomic mass is 10.3. The van der Waals surface area contributed by atoms with Gasteiger partial charge in [-0.15, -0.1) is 11.3 Å². The molecule has 0 saturated carbocycles. The quantitative estimate of drug-likeness (QED) is 0.722. The molecule has 0 aliphatic rings. The maximum absolute atomic E-state index is 13.7. The van der Waals surface area contributed by atoms with Gasteiger partial charge in [-0.25, -0.2) is 17.8 Å². The molecule has 3 rings (SSSR count). The van der Waals surface area contributed by atoms with Gasteiger partial charge in [0, 0.05) is 5.02 Å². The van der Waals surface area contributed by atoms with Crippen molar-refractivity contribution in [1.82, 2.24) is 4.98 Å². The van der Waals surface area contributed by atoms with Gasteiger partial charge in [0.05, 0.1) is 16.1 Å². The standard InChI is InChI=1S/C16H10ClFN2O3S2/c17-10-5-7-11(8-6-10)25(22,23)16-14(19-9-24-16)15(21)20-13-4-2-1-3-12(13)18/h1-9H,(H,20,21). The van der Waals surface area contributed by atoms with Crippen molar-refractivity contribution in [2.45, 2.75) is 9.10 Å². The van der Waals surface area contributed by atoms with Crippen molar-refractivity contribution in [3.05, 3.63) is 70.6 Å². The molecule has 9 heteroatoms. The molecular formula is C16H10ClFN2O3S2. The average molecular weight is 397 g/mol. The number of para-hydroxylation sites is 1. The van der Waals surface area contributed by atoms with E-state index in [9.17, 15) is 17.6 Å². The summed E-state index contributed by atoms with van der Waals surface area (Å²) in [6, 6.07) is 11.1. The zero-order valence-corrected chi connectivity index (χ0v) is 14.8. The number of aromatic nitrogens is 1. The Kier molecular flexibility index (Phi) is 4.85. The third-order valence-electron chi connectivity index (χ3n) is 3.24. The Morgan fingerprint density at radius 1 is 1.12 bits per heavy atom. The number of sulfone groups is 1. The predicted octanol–water partition coefficient (Wildman–Crippen LogP) is 4.02. The monoisotopic (exact) mass is 396 g/mol. The van der Waals surface area contributed by atoms with E-state index >= 15 is 0 Å². The van der Waals surface area contributed by atoms with Crippen molar-refractivity contribution in [1.29, 1.82) is 0 Å². The Bertz CT molecular complexity index is 1030. The normalized spacial score (nSPS) is 11.3. The fourth-order valence-electron chi connectivity index (χ4n) is 2.04. The van der Waals surface area contributed by atoms with Gasteiger partial charge in [-0.05, 0) is 36.4 Å². The molecule has 1 aromatic heterocycles. The molecule has 1 N–H and O–H groups in total. The smallest absolute Gasteiger partial charge is 0.276 e. The van der Waals surface area contributed by atoms with Gasteiger partial charge in [-0.1, -0.05) is 23.7 Å². The Morgan fingerprint density at radius 2 is 1.80 bits per heavy atom. The summed E-state index contributed by atoms with van der Waals surface area (Å²) in [7, 11) is -3.95. The largest absolute Gasteiger partial charge is 0.318 e. The van der Waals surface area contributed by atoms with E-state index in [1.165, 1.54) is 48.0 Å². The van der Waals surface area contributed by atoms with Crippen LogP contribution in [0.5, 0.6) is 0 Å². The second-order valence-electron chi connectivity index (χ2n) is 4.88. The Labute approximate surface area is 152 Å². The van der Waals surface area contributed by atoms with Crippen LogP contribution in [0.3, 0.4) is 0 Å². The first-order chi connectivity index (χ1) is 11.9. The molecule has 0 fully saturated rings. The number of benzene rings is 2. The molecule has 128 valence electrons. The highest BCUT2D eigenvalue weighted by Crippen LogP contribution is 2.29. The van der Waals surface area contributed by atoms with Crippen LogP contribution in [-0.4, -0.2) is 19.3 Å². The SMILES string of the molecule is O=C(Nc1ccccc1F)c1ncsc1S(=O)(=O)c1ccc(Cl)cc1. The highest BCUT2D eigenvalue weighted by Gasteiger charge is 2.28. The van der Waals surface area contributed by atoms with Gasteiger partial charge in [0.15, 0.2) is 9.90 Å². The summed E-state index contributed by atoms with van der Waals surface area (Å²) in [6.07, 6.45) is 0. The Balaban J connectivity index is 1.96. The highest BCUT2D eigenvalue weighted by molar-refractivity contribution is 7.93. The first kappa shape index (κ1) is 17.5. The number of hydrogen-bond acceptors (Lipinski definition) is 5. The number of thiazole rings is 1. The second kappa shape index (κ2) is 6.91. The molecule has 1 amide bonds. The number of anilines is 1. The molecule has 0 spiro atoms. The van der Waals surface area contributed by atoms with Gasteiger partial charge < -0.3 is 5.32 Å². The first-order valence-electron chi connectivity index (χ1n) is 6.89. The van der Waals surface area contributed by atoms with Gasteiger partial charge in [-0.2, -0.15) is 0 Å². The Hall–Kier alpha value is -2.29. The number of carbonyl (C=O) groups is 1. The zero-order chi connectivity index (χ0) is 18.0. The van der Waals surface area contributed by atoms with Crippen LogP contribution in [0.4, 0.5) is 10.1 Å². The van der Waals surface area contributed by atoms with E-state index in [0.29, 0.717) is 5.02 Å². The fourth-order valence-corrected chi connectivity index (χ4v) is 4.71. The Morgan fingerprint density at radius 3 is 2.48 bits per heavy atom. The van der Waals surface area contributed by atoms with E-state index in [2.05, 4.69) is 10.3 Å². The van der Waals surface area contributed by atoms with E-state index in [1.807, 2.05) is 0 Å². The molecule has 0 aliphatic carbocycles. The molecule has 0 radical (unpaired) electrons. The molecule has 3 aromatic rings. The second-order valence-corrected chi connectivity index (χ2v) is 8.32. The van der Waals surface area contributed by atoms with Crippen molar-refractivity contribution < 1.29 is 17.6 Å². The zero-order valence-electron chi connectivity index (χ0n) is 12.4. The number of carbonyl (C=O) groups excluding carboxylic acids is 1. The third kappa shape index (κ3) is 3.55. The minimum absolute atomic E-state index is 0.0129. The molecule has 5 nitrogen and oxygen atoms in total. The summed E-state index contributed by atoms with van der Waals surface area (Å²) in [6.45, 7) is 0. The van der Waals surface area contributed by atoms with E-state index < -0.39 is 21.6 Å². The molecule has 0 saturated heterocycles. The predicted molar refractivity (Wildman–Crippen MR) is 93.4 cm³/mol. The van der Waals surface area contributed by atoms with Crippen molar-refractivity contribution >= 4 is 44.4 Å². The van der Waals surface area contributed by atoms with Crippen LogP contribution < -0.4 is 5.32 Å². The van der Waals surface area contributed by atoms with Gasteiger partial charge in [0.25, 0.3) is 5.91 Å².